The van der Waals surface area contributed by atoms with Crippen LogP contribution in [0.2, 0.25) is 0 Å². The summed E-state index contributed by atoms with van der Waals surface area (Å²) < 4.78 is 0. The van der Waals surface area contributed by atoms with E-state index in [4.69, 9.17) is 0 Å². The molecule has 0 nitrogen and oxygen atoms in total. The molecule has 1 unspecified atom stereocenters. The Bertz CT molecular complexity index is 702. The maximum atomic E-state index is 3.87. The van der Waals surface area contributed by atoms with Crippen molar-refractivity contribution in [2.75, 3.05) is 0 Å². The lowest BCUT2D eigenvalue weighted by Crippen LogP contribution is -1.91. The van der Waals surface area contributed by atoms with E-state index < -0.39 is 0 Å². The summed E-state index contributed by atoms with van der Waals surface area (Å²) in [5.41, 5.74) is 2.73. The van der Waals surface area contributed by atoms with Gasteiger partial charge in [-0.3, -0.25) is 0 Å². The molecule has 0 spiro atoms. The lowest BCUT2D eigenvalue weighted by atomic mass is 10.0. The predicted octanol–water partition coefficient (Wildman–Crippen LogP) is 6.00. The van der Waals surface area contributed by atoms with E-state index in [1.807, 2.05) is 11.3 Å². The van der Waals surface area contributed by atoms with E-state index in [9.17, 15) is 0 Å². The van der Waals surface area contributed by atoms with E-state index in [-0.39, 0.29) is 4.83 Å². The third-order valence-corrected chi connectivity index (χ3v) is 6.04. The van der Waals surface area contributed by atoms with Crippen molar-refractivity contribution >= 4 is 38.0 Å². The van der Waals surface area contributed by atoms with Gasteiger partial charge in [0.1, 0.15) is 0 Å². The Morgan fingerprint density at radius 2 is 1.74 bits per heavy atom. The molecule has 0 fully saturated rings. The molecule has 19 heavy (non-hydrogen) atoms. The quantitative estimate of drug-likeness (QED) is 0.505. The van der Waals surface area contributed by atoms with Gasteiger partial charge in [0, 0.05) is 9.75 Å². The Labute approximate surface area is 126 Å². The van der Waals surface area contributed by atoms with Gasteiger partial charge < -0.3 is 0 Å². The van der Waals surface area contributed by atoms with Gasteiger partial charge in [0.05, 0.1) is 4.83 Å². The Kier molecular flexibility index (Phi) is 3.46. The van der Waals surface area contributed by atoms with Gasteiger partial charge in [-0.05, 0) is 41.8 Å². The minimum Gasteiger partial charge on any atom is -0.144 e. The Morgan fingerprint density at radius 1 is 1.00 bits per heavy atom. The first-order chi connectivity index (χ1) is 9.16. The fourth-order valence-corrected chi connectivity index (χ4v) is 4.20. The topological polar surface area (TPSA) is 0 Å². The first-order valence-corrected chi connectivity index (χ1v) is 8.08. The molecule has 0 amide bonds. The maximum absolute atomic E-state index is 3.87. The van der Waals surface area contributed by atoms with Crippen LogP contribution in [0.4, 0.5) is 0 Å². The number of alkyl halides is 1. The summed E-state index contributed by atoms with van der Waals surface area (Å²) in [6.45, 7) is 4.37. The average Bonchev–Trinajstić information content (AvgIpc) is 2.77. The molecule has 3 rings (SSSR count). The number of thiophene rings is 1. The van der Waals surface area contributed by atoms with Gasteiger partial charge in [0.25, 0.3) is 0 Å². The minimum atomic E-state index is 0.274. The van der Waals surface area contributed by atoms with Crippen molar-refractivity contribution < 1.29 is 0 Å². The molecule has 0 radical (unpaired) electrons. The third kappa shape index (κ3) is 2.35. The summed E-state index contributed by atoms with van der Waals surface area (Å²) in [4.78, 5) is 3.06. The van der Waals surface area contributed by atoms with Gasteiger partial charge in [0.15, 0.2) is 0 Å². The second-order valence-corrected chi connectivity index (χ2v) is 7.02. The third-order valence-electron chi connectivity index (χ3n) is 3.53. The average molecular weight is 331 g/mol. The van der Waals surface area contributed by atoms with Crippen molar-refractivity contribution in [3.63, 3.8) is 0 Å². The number of hydrogen-bond donors (Lipinski definition) is 0. The van der Waals surface area contributed by atoms with Crippen LogP contribution in [0, 0.1) is 13.8 Å². The summed E-state index contributed by atoms with van der Waals surface area (Å²) in [5.74, 6) is 0. The SMILES string of the molecule is Cc1cc(C(Br)c2cccc3ccccc23)sc1C. The molecule has 0 saturated carbocycles. The summed E-state index contributed by atoms with van der Waals surface area (Å²) in [6, 6.07) is 17.4. The molecular weight excluding hydrogens is 316 g/mol. The highest BCUT2D eigenvalue weighted by atomic mass is 79.9. The highest BCUT2D eigenvalue weighted by molar-refractivity contribution is 9.09. The molecule has 0 aliphatic rings. The van der Waals surface area contributed by atoms with Gasteiger partial charge in [-0.15, -0.1) is 11.3 Å². The maximum Gasteiger partial charge on any atom is 0.0744 e. The van der Waals surface area contributed by atoms with Crippen LogP contribution in [0.25, 0.3) is 10.8 Å². The van der Waals surface area contributed by atoms with Crippen molar-refractivity contribution in [1.82, 2.24) is 0 Å². The second-order valence-electron chi connectivity index (χ2n) is 4.82. The van der Waals surface area contributed by atoms with E-state index in [0.29, 0.717) is 0 Å². The van der Waals surface area contributed by atoms with Crippen LogP contribution in [0.1, 0.15) is 25.7 Å². The van der Waals surface area contributed by atoms with Crippen molar-refractivity contribution in [3.8, 4) is 0 Å². The summed E-state index contributed by atoms with van der Waals surface area (Å²) in [7, 11) is 0. The van der Waals surface area contributed by atoms with Crippen molar-refractivity contribution in [3.05, 3.63) is 69.4 Å². The van der Waals surface area contributed by atoms with Crippen LogP contribution in [0.15, 0.2) is 48.5 Å². The summed E-state index contributed by atoms with van der Waals surface area (Å²) in [5, 5.41) is 2.63. The van der Waals surface area contributed by atoms with Crippen LogP contribution in [0.5, 0.6) is 0 Å². The molecule has 2 aromatic carbocycles. The molecule has 0 saturated heterocycles. The molecule has 1 heterocycles. The first-order valence-electron chi connectivity index (χ1n) is 6.35. The fraction of sp³-hybridized carbons (Fsp3) is 0.176. The van der Waals surface area contributed by atoms with Crippen molar-refractivity contribution in [2.45, 2.75) is 18.7 Å². The van der Waals surface area contributed by atoms with Crippen LogP contribution < -0.4 is 0 Å². The zero-order valence-electron chi connectivity index (χ0n) is 11.0. The summed E-state index contributed by atoms with van der Waals surface area (Å²) in [6.07, 6.45) is 0. The number of hydrogen-bond acceptors (Lipinski definition) is 1. The van der Waals surface area contributed by atoms with Crippen molar-refractivity contribution in [1.29, 1.82) is 0 Å². The lowest BCUT2D eigenvalue weighted by molar-refractivity contribution is 1.24. The number of aryl methyl sites for hydroxylation is 2. The molecule has 0 bridgehead atoms. The van der Waals surface area contributed by atoms with Crippen LogP contribution >= 0.6 is 27.3 Å². The molecule has 2 heteroatoms. The van der Waals surface area contributed by atoms with E-state index in [0.717, 1.165) is 0 Å². The monoisotopic (exact) mass is 330 g/mol. The molecule has 0 N–H and O–H groups in total. The van der Waals surface area contributed by atoms with Gasteiger partial charge in [-0.25, -0.2) is 0 Å². The highest BCUT2D eigenvalue weighted by Crippen LogP contribution is 2.39. The van der Waals surface area contributed by atoms with Crippen molar-refractivity contribution in [2.24, 2.45) is 0 Å². The van der Waals surface area contributed by atoms with E-state index >= 15 is 0 Å². The summed E-state index contributed by atoms with van der Waals surface area (Å²) >= 11 is 5.75. The number of fused-ring (bicyclic) bond motifs is 1. The molecule has 0 aliphatic heterocycles. The minimum absolute atomic E-state index is 0.274. The zero-order chi connectivity index (χ0) is 13.4. The van der Waals surface area contributed by atoms with E-state index in [2.05, 4.69) is 78.3 Å². The number of halogens is 1. The lowest BCUT2D eigenvalue weighted by Gasteiger charge is -2.11. The van der Waals surface area contributed by atoms with Gasteiger partial charge in [-0.2, -0.15) is 0 Å². The number of benzene rings is 2. The molecule has 0 aliphatic carbocycles. The molecule has 96 valence electrons. The van der Waals surface area contributed by atoms with E-state index in [1.165, 1.54) is 31.7 Å². The Hall–Kier alpha value is -1.12. The largest absolute Gasteiger partial charge is 0.144 e. The normalized spacial score (nSPS) is 12.8. The van der Waals surface area contributed by atoms with Gasteiger partial charge >= 0.3 is 0 Å². The van der Waals surface area contributed by atoms with Gasteiger partial charge in [-0.1, -0.05) is 58.4 Å². The molecule has 1 aromatic heterocycles. The van der Waals surface area contributed by atoms with E-state index in [1.54, 1.807) is 0 Å². The Balaban J connectivity index is 2.13. The van der Waals surface area contributed by atoms with Crippen LogP contribution in [-0.4, -0.2) is 0 Å². The Morgan fingerprint density at radius 3 is 2.47 bits per heavy atom. The number of rotatable bonds is 2. The van der Waals surface area contributed by atoms with Crippen LogP contribution in [-0.2, 0) is 0 Å². The fourth-order valence-electron chi connectivity index (χ4n) is 2.35. The van der Waals surface area contributed by atoms with Gasteiger partial charge in [0.2, 0.25) is 0 Å². The second kappa shape index (κ2) is 5.10. The molecule has 3 aromatic rings. The standard InChI is InChI=1S/C17H15BrS/c1-11-10-16(19-12(11)2)17(18)15-9-5-7-13-6-3-4-8-14(13)15/h3-10,17H,1-2H3. The first kappa shape index (κ1) is 12.9. The highest BCUT2D eigenvalue weighted by Gasteiger charge is 2.15. The predicted molar refractivity (Wildman–Crippen MR) is 88.5 cm³/mol. The molecular formula is C17H15BrS. The van der Waals surface area contributed by atoms with Crippen LogP contribution in [0.3, 0.4) is 0 Å². The smallest absolute Gasteiger partial charge is 0.0744 e. The zero-order valence-corrected chi connectivity index (χ0v) is 13.4. The molecule has 1 atom stereocenters.